The van der Waals surface area contributed by atoms with Gasteiger partial charge in [0.15, 0.2) is 6.10 Å². The number of anilines is 1. The average molecular weight is 343 g/mol. The van der Waals surface area contributed by atoms with Gasteiger partial charge in [0.05, 0.1) is 5.69 Å². The molecule has 0 saturated carbocycles. The standard InChI is InChI=1S/C15H23BrN2O2/c1-5-6-10(3)18-15(19)11(4)20-14-9(2)7-12(16)8-13(14)17/h7-8,10-11H,5-6,17H2,1-4H3,(H,18,19). The molecule has 2 atom stereocenters. The number of benzene rings is 1. The number of aryl methyl sites for hydroxylation is 1. The molecule has 2 unspecified atom stereocenters. The summed E-state index contributed by atoms with van der Waals surface area (Å²) in [6.07, 6.45) is 1.42. The Labute approximate surface area is 129 Å². The number of ether oxygens (including phenoxy) is 1. The van der Waals surface area contributed by atoms with Crippen LogP contribution in [-0.2, 0) is 4.79 Å². The van der Waals surface area contributed by atoms with Gasteiger partial charge in [-0.25, -0.2) is 0 Å². The molecule has 0 aliphatic carbocycles. The van der Waals surface area contributed by atoms with Crippen molar-refractivity contribution in [1.29, 1.82) is 0 Å². The second-order valence-corrected chi connectivity index (χ2v) is 6.02. The molecule has 0 saturated heterocycles. The predicted molar refractivity (Wildman–Crippen MR) is 85.9 cm³/mol. The summed E-state index contributed by atoms with van der Waals surface area (Å²) in [4.78, 5) is 12.0. The minimum atomic E-state index is -0.573. The van der Waals surface area contributed by atoms with Gasteiger partial charge in [0.2, 0.25) is 0 Å². The van der Waals surface area contributed by atoms with Crippen molar-refractivity contribution in [3.05, 3.63) is 22.2 Å². The number of halogens is 1. The second kappa shape index (κ2) is 7.53. The first-order chi connectivity index (χ1) is 9.35. The Kier molecular flexibility index (Phi) is 6.33. The second-order valence-electron chi connectivity index (χ2n) is 5.10. The van der Waals surface area contributed by atoms with E-state index < -0.39 is 6.10 Å². The van der Waals surface area contributed by atoms with Crippen LogP contribution in [0.3, 0.4) is 0 Å². The van der Waals surface area contributed by atoms with E-state index in [1.165, 1.54) is 0 Å². The molecule has 0 heterocycles. The smallest absolute Gasteiger partial charge is 0.260 e. The molecular formula is C15H23BrN2O2. The van der Waals surface area contributed by atoms with Crippen LogP contribution in [0.15, 0.2) is 16.6 Å². The Morgan fingerprint density at radius 2 is 2.10 bits per heavy atom. The zero-order valence-electron chi connectivity index (χ0n) is 12.5. The lowest BCUT2D eigenvalue weighted by Gasteiger charge is -2.20. The third-order valence-electron chi connectivity index (χ3n) is 3.04. The summed E-state index contributed by atoms with van der Waals surface area (Å²) in [5.74, 6) is 0.451. The Morgan fingerprint density at radius 3 is 2.65 bits per heavy atom. The summed E-state index contributed by atoms with van der Waals surface area (Å²) in [5.41, 5.74) is 7.36. The van der Waals surface area contributed by atoms with E-state index in [2.05, 4.69) is 28.2 Å². The quantitative estimate of drug-likeness (QED) is 0.778. The van der Waals surface area contributed by atoms with E-state index in [4.69, 9.17) is 10.5 Å². The average Bonchev–Trinajstić information content (AvgIpc) is 2.33. The molecule has 0 radical (unpaired) electrons. The van der Waals surface area contributed by atoms with E-state index in [1.54, 1.807) is 13.0 Å². The molecule has 1 amide bonds. The maximum atomic E-state index is 12.0. The summed E-state index contributed by atoms with van der Waals surface area (Å²) in [5, 5.41) is 2.94. The van der Waals surface area contributed by atoms with Gasteiger partial charge in [-0.2, -0.15) is 0 Å². The van der Waals surface area contributed by atoms with Crippen molar-refractivity contribution in [3.63, 3.8) is 0 Å². The highest BCUT2D eigenvalue weighted by Crippen LogP contribution is 2.30. The number of carbonyl (C=O) groups is 1. The molecule has 0 fully saturated rings. The Bertz CT molecular complexity index is 454. The van der Waals surface area contributed by atoms with Gasteiger partial charge < -0.3 is 15.8 Å². The highest BCUT2D eigenvalue weighted by Gasteiger charge is 2.18. The van der Waals surface area contributed by atoms with Crippen LogP contribution in [0.1, 0.15) is 39.2 Å². The first-order valence-corrected chi connectivity index (χ1v) is 7.67. The molecule has 3 N–H and O–H groups in total. The van der Waals surface area contributed by atoms with E-state index >= 15 is 0 Å². The summed E-state index contributed by atoms with van der Waals surface area (Å²) >= 11 is 3.38. The molecule has 4 nitrogen and oxygen atoms in total. The number of nitrogens with one attached hydrogen (secondary N) is 1. The van der Waals surface area contributed by atoms with Gasteiger partial charge in [-0.15, -0.1) is 0 Å². The third-order valence-corrected chi connectivity index (χ3v) is 3.50. The van der Waals surface area contributed by atoms with Gasteiger partial charge >= 0.3 is 0 Å². The highest BCUT2D eigenvalue weighted by atomic mass is 79.9. The van der Waals surface area contributed by atoms with Crippen molar-refractivity contribution in [2.45, 2.75) is 52.7 Å². The molecule has 1 aromatic rings. The van der Waals surface area contributed by atoms with Crippen LogP contribution < -0.4 is 15.8 Å². The Morgan fingerprint density at radius 1 is 1.45 bits per heavy atom. The lowest BCUT2D eigenvalue weighted by atomic mass is 10.2. The molecule has 0 aromatic heterocycles. The summed E-state index contributed by atoms with van der Waals surface area (Å²) in [7, 11) is 0. The number of nitrogen functional groups attached to an aromatic ring is 1. The topological polar surface area (TPSA) is 64.3 Å². The minimum Gasteiger partial charge on any atom is -0.478 e. The van der Waals surface area contributed by atoms with Gasteiger partial charge in [-0.3, -0.25) is 4.79 Å². The van der Waals surface area contributed by atoms with E-state index in [0.717, 1.165) is 22.9 Å². The van der Waals surface area contributed by atoms with E-state index in [1.807, 2.05) is 19.9 Å². The highest BCUT2D eigenvalue weighted by molar-refractivity contribution is 9.10. The molecule has 20 heavy (non-hydrogen) atoms. The number of nitrogens with two attached hydrogens (primary N) is 1. The first-order valence-electron chi connectivity index (χ1n) is 6.87. The van der Waals surface area contributed by atoms with Crippen LogP contribution in [0.4, 0.5) is 5.69 Å². The number of rotatable bonds is 6. The first kappa shape index (κ1) is 16.8. The summed E-state index contributed by atoms with van der Waals surface area (Å²) < 4.78 is 6.61. The molecule has 0 spiro atoms. The minimum absolute atomic E-state index is 0.118. The number of hydrogen-bond donors (Lipinski definition) is 2. The number of hydrogen-bond acceptors (Lipinski definition) is 3. The third kappa shape index (κ3) is 4.71. The Hall–Kier alpha value is -1.23. The van der Waals surface area contributed by atoms with Crippen molar-refractivity contribution in [2.24, 2.45) is 0 Å². The fraction of sp³-hybridized carbons (Fsp3) is 0.533. The fourth-order valence-electron chi connectivity index (χ4n) is 2.01. The molecule has 112 valence electrons. The van der Waals surface area contributed by atoms with Gasteiger partial charge in [0.1, 0.15) is 5.75 Å². The molecule has 1 aromatic carbocycles. The molecule has 1 rings (SSSR count). The molecule has 5 heteroatoms. The maximum absolute atomic E-state index is 12.0. The Balaban J connectivity index is 2.71. The van der Waals surface area contributed by atoms with Crippen LogP contribution in [0.25, 0.3) is 0 Å². The molecule has 0 bridgehead atoms. The van der Waals surface area contributed by atoms with Crippen LogP contribution in [0.5, 0.6) is 5.75 Å². The van der Waals surface area contributed by atoms with E-state index in [0.29, 0.717) is 11.4 Å². The molecule has 0 aliphatic rings. The van der Waals surface area contributed by atoms with Crippen LogP contribution >= 0.6 is 15.9 Å². The van der Waals surface area contributed by atoms with Crippen LogP contribution in [-0.4, -0.2) is 18.1 Å². The lowest BCUT2D eigenvalue weighted by Crippen LogP contribution is -2.41. The number of carbonyl (C=O) groups excluding carboxylic acids is 1. The largest absolute Gasteiger partial charge is 0.478 e. The van der Waals surface area contributed by atoms with Crippen LogP contribution in [0, 0.1) is 6.92 Å². The molecule has 0 aliphatic heterocycles. The zero-order valence-corrected chi connectivity index (χ0v) is 14.1. The van der Waals surface area contributed by atoms with Gasteiger partial charge in [-0.1, -0.05) is 29.3 Å². The van der Waals surface area contributed by atoms with E-state index in [-0.39, 0.29) is 11.9 Å². The van der Waals surface area contributed by atoms with Crippen molar-refractivity contribution in [3.8, 4) is 5.75 Å². The number of amides is 1. The SMILES string of the molecule is CCCC(C)NC(=O)C(C)Oc1c(C)cc(Br)cc1N. The lowest BCUT2D eigenvalue weighted by molar-refractivity contribution is -0.127. The zero-order chi connectivity index (χ0) is 15.3. The van der Waals surface area contributed by atoms with Crippen molar-refractivity contribution in [2.75, 3.05) is 5.73 Å². The molecular weight excluding hydrogens is 320 g/mol. The van der Waals surface area contributed by atoms with Gasteiger partial charge in [-0.05, 0) is 44.9 Å². The van der Waals surface area contributed by atoms with Crippen molar-refractivity contribution >= 4 is 27.5 Å². The fourth-order valence-corrected chi connectivity index (χ4v) is 2.60. The van der Waals surface area contributed by atoms with Crippen molar-refractivity contribution < 1.29 is 9.53 Å². The predicted octanol–water partition coefficient (Wildman–Crippen LogP) is 3.41. The maximum Gasteiger partial charge on any atom is 0.260 e. The summed E-state index contributed by atoms with van der Waals surface area (Å²) in [6, 6.07) is 3.84. The van der Waals surface area contributed by atoms with Crippen molar-refractivity contribution in [1.82, 2.24) is 5.32 Å². The van der Waals surface area contributed by atoms with Gasteiger partial charge in [0, 0.05) is 10.5 Å². The summed E-state index contributed by atoms with van der Waals surface area (Å²) in [6.45, 7) is 7.72. The van der Waals surface area contributed by atoms with Crippen LogP contribution in [0.2, 0.25) is 0 Å². The normalized spacial score (nSPS) is 13.7. The van der Waals surface area contributed by atoms with Gasteiger partial charge in [0.25, 0.3) is 5.91 Å². The van der Waals surface area contributed by atoms with E-state index in [9.17, 15) is 4.79 Å². The monoisotopic (exact) mass is 342 g/mol.